The Balaban J connectivity index is 1.03. The number of halogens is 2. The Labute approximate surface area is 459 Å². The summed E-state index contributed by atoms with van der Waals surface area (Å²) in [6, 6.07) is 25.5. The molecule has 16 heteroatoms. The zero-order valence-electron chi connectivity index (χ0n) is 46.1. The maximum atomic E-state index is 16.3. The van der Waals surface area contributed by atoms with Crippen LogP contribution in [0.25, 0.3) is 10.8 Å². The van der Waals surface area contributed by atoms with Crippen molar-refractivity contribution in [2.45, 2.75) is 152 Å². The third-order valence-corrected chi connectivity index (χ3v) is 17.3. The lowest BCUT2D eigenvalue weighted by Crippen LogP contribution is -2.58. The normalized spacial score (nSPS) is 21.6. The van der Waals surface area contributed by atoms with Gasteiger partial charge in [0.1, 0.15) is 24.4 Å². The molecule has 8 atom stereocenters. The average molecular weight is 1070 g/mol. The van der Waals surface area contributed by atoms with Crippen molar-refractivity contribution in [1.29, 1.82) is 0 Å². The van der Waals surface area contributed by atoms with Crippen LogP contribution < -0.4 is 21.3 Å². The Bertz CT molecular complexity index is 2490. The van der Waals surface area contributed by atoms with Gasteiger partial charge >= 0.3 is 0 Å². The van der Waals surface area contributed by atoms with E-state index in [1.807, 2.05) is 60.7 Å². The molecule has 4 aliphatic rings. The van der Waals surface area contributed by atoms with E-state index in [1.54, 1.807) is 83.9 Å². The number of nitrogens with zero attached hydrogens (tertiary/aromatic N) is 4. The molecule has 0 aromatic heterocycles. The van der Waals surface area contributed by atoms with Crippen LogP contribution in [0.4, 0.5) is 8.78 Å². The minimum absolute atomic E-state index is 0.0453. The number of likely N-dealkylation sites (tertiary alicyclic amines) is 2. The SMILES string of the molecule is CN[C@@H](C)C(=O)N[C@H](C(=O)N1CC[C@H](F)[C@H]1CN(CCc1ccccc1)C(=O)c1ccc2cc(C(=O)N(CCc3ccccc3)C[C@@H]3[C@@H](F)CCN3C(=O)[C@@H](NC(=O)[C@H](C)NC)C3CCCCC3)ccc2c1)C1CCCCC1. The molecule has 4 aromatic carbocycles. The molecule has 0 bridgehead atoms. The van der Waals surface area contributed by atoms with Crippen LogP contribution >= 0.6 is 0 Å². The van der Waals surface area contributed by atoms with Gasteiger partial charge in [-0.05, 0) is 137 Å². The number of hydrogen-bond acceptors (Lipinski definition) is 8. The van der Waals surface area contributed by atoms with Crippen molar-refractivity contribution in [3.05, 3.63) is 119 Å². The van der Waals surface area contributed by atoms with Crippen LogP contribution in [0.1, 0.15) is 123 Å². The summed E-state index contributed by atoms with van der Waals surface area (Å²) < 4.78 is 32.6. The number of benzene rings is 4. The van der Waals surface area contributed by atoms with Crippen molar-refractivity contribution in [1.82, 2.24) is 40.9 Å². The minimum atomic E-state index is -1.38. The monoisotopic (exact) mass is 1070 g/mol. The Morgan fingerprint density at radius 2 is 0.897 bits per heavy atom. The van der Waals surface area contributed by atoms with Gasteiger partial charge in [-0.2, -0.15) is 0 Å². The van der Waals surface area contributed by atoms with E-state index in [4.69, 9.17) is 0 Å². The van der Waals surface area contributed by atoms with Gasteiger partial charge < -0.3 is 40.9 Å². The van der Waals surface area contributed by atoms with E-state index in [0.717, 1.165) is 75.3 Å². The van der Waals surface area contributed by atoms with E-state index in [-0.39, 0.29) is 99.4 Å². The van der Waals surface area contributed by atoms with Crippen molar-refractivity contribution in [3.63, 3.8) is 0 Å². The Morgan fingerprint density at radius 1 is 0.526 bits per heavy atom. The third-order valence-electron chi connectivity index (χ3n) is 17.3. The number of nitrogens with one attached hydrogen (secondary N) is 4. The van der Waals surface area contributed by atoms with Crippen LogP contribution in [0, 0.1) is 11.8 Å². The van der Waals surface area contributed by atoms with Gasteiger partial charge in [0.25, 0.3) is 11.8 Å². The molecule has 14 nitrogen and oxygen atoms in total. The third kappa shape index (κ3) is 14.3. The van der Waals surface area contributed by atoms with Gasteiger partial charge in [0.15, 0.2) is 0 Å². The van der Waals surface area contributed by atoms with Crippen LogP contribution in [0.15, 0.2) is 97.1 Å². The van der Waals surface area contributed by atoms with Gasteiger partial charge in [-0.1, -0.05) is 111 Å². The molecule has 2 aliphatic carbocycles. The van der Waals surface area contributed by atoms with Gasteiger partial charge in [0, 0.05) is 50.4 Å². The van der Waals surface area contributed by atoms with E-state index in [2.05, 4.69) is 21.3 Å². The average Bonchev–Trinajstić information content (AvgIpc) is 4.06. The van der Waals surface area contributed by atoms with Crippen LogP contribution in [0.2, 0.25) is 0 Å². The fourth-order valence-corrected chi connectivity index (χ4v) is 12.2. The van der Waals surface area contributed by atoms with E-state index in [1.165, 1.54) is 0 Å². The number of rotatable bonds is 22. The highest BCUT2D eigenvalue weighted by Gasteiger charge is 2.46. The molecular formula is C62H82F2N8O6. The van der Waals surface area contributed by atoms with Gasteiger partial charge in [0.05, 0.1) is 24.2 Å². The zero-order chi connectivity index (χ0) is 55.3. The lowest BCUT2D eigenvalue weighted by molar-refractivity contribution is -0.140. The highest BCUT2D eigenvalue weighted by Crippen LogP contribution is 2.33. The standard InChI is InChI=1S/C62H82F2N8O6/c1-41(65-3)57(73)67-55(45-21-13-7-14-22-45)61(77)71-35-31-51(63)53(71)39-69(33-29-43-17-9-5-10-18-43)59(75)49-27-25-48-38-50(28-26-47(48)37-49)60(76)70(34-30-44-19-11-6-12-20-44)40-54-52(64)32-36-72(54)62(78)56(46-23-15-8-16-24-46)68-58(74)42(2)66-4/h5-6,9-12,17-20,25-28,37-38,41-42,45-46,51-56,65-66H,7-8,13-16,21-24,29-36,39-40H2,1-4H3,(H,67,73)(H,68,74)/t41-,42-,51-,52-,53+,54+,55-,56-/m0/s1. The molecular weight excluding hydrogens is 991 g/mol. The van der Waals surface area contributed by atoms with E-state index in [9.17, 15) is 28.8 Å². The summed E-state index contributed by atoms with van der Waals surface area (Å²) >= 11 is 0. The van der Waals surface area contributed by atoms with Crippen molar-refractivity contribution in [3.8, 4) is 0 Å². The van der Waals surface area contributed by atoms with Gasteiger partial charge in [0.2, 0.25) is 23.6 Å². The van der Waals surface area contributed by atoms with Crippen molar-refractivity contribution in [2.75, 3.05) is 53.4 Å². The topological polar surface area (TPSA) is 163 Å². The molecule has 2 saturated carbocycles. The largest absolute Gasteiger partial charge is 0.343 e. The van der Waals surface area contributed by atoms with Gasteiger partial charge in [-0.15, -0.1) is 0 Å². The summed E-state index contributed by atoms with van der Waals surface area (Å²) in [5.41, 5.74) is 2.73. The first-order chi connectivity index (χ1) is 37.7. The molecule has 78 heavy (non-hydrogen) atoms. The number of carbonyl (C=O) groups excluding carboxylic acids is 6. The molecule has 8 rings (SSSR count). The number of likely N-dealkylation sites (N-methyl/N-ethyl adjacent to an activating group) is 2. The number of carbonyl (C=O) groups is 6. The molecule has 0 spiro atoms. The Kier molecular flexibility index (Phi) is 20.5. The number of hydrogen-bond donors (Lipinski definition) is 4. The molecule has 4 aromatic rings. The van der Waals surface area contributed by atoms with Crippen LogP contribution in [0.3, 0.4) is 0 Å². The molecule has 6 amide bonds. The summed E-state index contributed by atoms with van der Waals surface area (Å²) in [5, 5.41) is 13.4. The van der Waals surface area contributed by atoms with Crippen LogP contribution in [0.5, 0.6) is 0 Å². The molecule has 0 radical (unpaired) electrons. The summed E-state index contributed by atoms with van der Waals surface area (Å²) in [4.78, 5) is 91.9. The summed E-state index contributed by atoms with van der Waals surface area (Å²) in [6.07, 6.45) is 7.54. The zero-order valence-corrected chi connectivity index (χ0v) is 46.1. The summed E-state index contributed by atoms with van der Waals surface area (Å²) in [7, 11) is 3.38. The smallest absolute Gasteiger partial charge is 0.253 e. The Hall–Kier alpha value is -6.26. The lowest BCUT2D eigenvalue weighted by Gasteiger charge is -2.37. The summed E-state index contributed by atoms with van der Waals surface area (Å²) in [6.45, 7) is 4.26. The molecule has 420 valence electrons. The second-order valence-corrected chi connectivity index (χ2v) is 22.3. The predicted octanol–water partition coefficient (Wildman–Crippen LogP) is 7.43. The molecule has 2 heterocycles. The van der Waals surface area contributed by atoms with Crippen LogP contribution in [-0.4, -0.2) is 157 Å². The van der Waals surface area contributed by atoms with Crippen LogP contribution in [-0.2, 0) is 32.0 Å². The fraction of sp³-hybridized carbons (Fsp3) is 0.548. The summed E-state index contributed by atoms with van der Waals surface area (Å²) in [5.74, 6) is -2.00. The lowest BCUT2D eigenvalue weighted by atomic mass is 9.83. The number of amides is 6. The second-order valence-electron chi connectivity index (χ2n) is 22.3. The first-order valence-corrected chi connectivity index (χ1v) is 28.8. The number of alkyl halides is 2. The molecule has 0 unspecified atom stereocenters. The van der Waals surface area contributed by atoms with E-state index < -0.39 is 48.6 Å². The maximum absolute atomic E-state index is 16.3. The van der Waals surface area contributed by atoms with E-state index in [0.29, 0.717) is 34.7 Å². The minimum Gasteiger partial charge on any atom is -0.343 e. The van der Waals surface area contributed by atoms with Crippen molar-refractivity contribution >= 4 is 46.2 Å². The highest BCUT2D eigenvalue weighted by atomic mass is 19.1. The molecule has 4 N–H and O–H groups in total. The van der Waals surface area contributed by atoms with Crippen molar-refractivity contribution in [2.24, 2.45) is 11.8 Å². The first-order valence-electron chi connectivity index (χ1n) is 28.8. The molecule has 2 saturated heterocycles. The Morgan fingerprint density at radius 3 is 1.26 bits per heavy atom. The van der Waals surface area contributed by atoms with Gasteiger partial charge in [-0.25, -0.2) is 8.78 Å². The molecule has 2 aliphatic heterocycles. The second kappa shape index (κ2) is 27.6. The number of fused-ring (bicyclic) bond motifs is 1. The van der Waals surface area contributed by atoms with Gasteiger partial charge in [-0.3, -0.25) is 28.8 Å². The predicted molar refractivity (Wildman–Crippen MR) is 300 cm³/mol. The van der Waals surface area contributed by atoms with Crippen molar-refractivity contribution < 1.29 is 37.5 Å². The maximum Gasteiger partial charge on any atom is 0.253 e. The van der Waals surface area contributed by atoms with E-state index >= 15 is 8.78 Å². The fourth-order valence-electron chi connectivity index (χ4n) is 12.2. The quantitative estimate of drug-likeness (QED) is 0.0632. The highest BCUT2D eigenvalue weighted by molar-refractivity contribution is 6.02. The first kappa shape index (κ1) is 57.9. The molecule has 4 fully saturated rings.